The van der Waals surface area contributed by atoms with Gasteiger partial charge in [0.25, 0.3) is 0 Å². The summed E-state index contributed by atoms with van der Waals surface area (Å²) in [7, 11) is 0. The van der Waals surface area contributed by atoms with Gasteiger partial charge in [-0.05, 0) is 46.1 Å². The second-order valence-corrected chi connectivity index (χ2v) is 7.73. The third-order valence-electron chi connectivity index (χ3n) is 3.90. The van der Waals surface area contributed by atoms with Crippen molar-refractivity contribution in [3.8, 4) is 0 Å². The highest BCUT2D eigenvalue weighted by Gasteiger charge is 2.28. The van der Waals surface area contributed by atoms with E-state index in [2.05, 4.69) is 11.9 Å². The predicted molar refractivity (Wildman–Crippen MR) is 103 cm³/mol. The Kier molecular flexibility index (Phi) is 9.05. The molecule has 2 amide bonds. The number of hydrogen-bond donors (Lipinski definition) is 1. The molecule has 1 aliphatic heterocycles. The van der Waals surface area contributed by atoms with Crippen LogP contribution in [0, 0.1) is 0 Å². The van der Waals surface area contributed by atoms with E-state index < -0.39 is 11.7 Å². The minimum Gasteiger partial charge on any atom is -0.461 e. The molecule has 7 heteroatoms. The van der Waals surface area contributed by atoms with E-state index in [0.29, 0.717) is 25.9 Å². The van der Waals surface area contributed by atoms with Gasteiger partial charge in [0.1, 0.15) is 12.2 Å². The van der Waals surface area contributed by atoms with Crippen molar-refractivity contribution in [2.75, 3.05) is 19.7 Å². The molecular weight excluding hydrogens is 348 g/mol. The third kappa shape index (κ3) is 9.82. The van der Waals surface area contributed by atoms with Crippen molar-refractivity contribution < 1.29 is 23.9 Å². The van der Waals surface area contributed by atoms with Crippen molar-refractivity contribution in [1.29, 1.82) is 0 Å². The molecule has 152 valence electrons. The van der Waals surface area contributed by atoms with Crippen molar-refractivity contribution in [1.82, 2.24) is 10.2 Å². The van der Waals surface area contributed by atoms with E-state index >= 15 is 0 Å². The van der Waals surface area contributed by atoms with Crippen LogP contribution in [-0.2, 0) is 19.1 Å². The number of likely N-dealkylation sites (tertiary alicyclic amines) is 1. The Hall–Kier alpha value is -2.31. The number of esters is 1. The summed E-state index contributed by atoms with van der Waals surface area (Å²) in [4.78, 5) is 37.4. The number of alkyl carbamates (subject to hydrolysis) is 1. The van der Waals surface area contributed by atoms with E-state index in [-0.39, 0.29) is 37.4 Å². The van der Waals surface area contributed by atoms with Crippen LogP contribution in [0.5, 0.6) is 0 Å². The smallest absolute Gasteiger partial charge is 0.407 e. The lowest BCUT2D eigenvalue weighted by atomic mass is 10.2. The average molecular weight is 380 g/mol. The Labute approximate surface area is 161 Å². The topological polar surface area (TPSA) is 84.9 Å². The first-order chi connectivity index (χ1) is 12.6. The quantitative estimate of drug-likeness (QED) is 0.517. The Morgan fingerprint density at radius 1 is 1.26 bits per heavy atom. The maximum absolute atomic E-state index is 12.2. The fraction of sp³-hybridized carbons (Fsp3) is 0.650. The Bertz CT molecular complexity index is 577. The molecule has 1 fully saturated rings. The molecule has 0 saturated carbocycles. The standard InChI is InChI=1S/C20H32N2O5/c1-6-8-15(2)14-26-18(24)10-7-9-17(23)22-12-11-16(13-22)21-19(25)27-20(3,4)5/h6,8,16H,1,7,9-14H2,2-5H3,(H,21,25)/b15-8+/t16-/m0/s1. The number of carbonyl (C=O) groups is 3. The van der Waals surface area contributed by atoms with E-state index in [4.69, 9.17) is 9.47 Å². The maximum atomic E-state index is 12.2. The lowest BCUT2D eigenvalue weighted by molar-refractivity contribution is -0.142. The van der Waals surface area contributed by atoms with Gasteiger partial charge in [-0.3, -0.25) is 9.59 Å². The van der Waals surface area contributed by atoms with Crippen molar-refractivity contribution in [3.63, 3.8) is 0 Å². The molecule has 1 atom stereocenters. The molecule has 27 heavy (non-hydrogen) atoms. The molecule has 0 aliphatic carbocycles. The Balaban J connectivity index is 2.24. The first-order valence-corrected chi connectivity index (χ1v) is 9.32. The number of nitrogens with one attached hydrogen (secondary N) is 1. The van der Waals surface area contributed by atoms with Crippen LogP contribution in [0.15, 0.2) is 24.3 Å². The fourth-order valence-corrected chi connectivity index (χ4v) is 2.64. The largest absolute Gasteiger partial charge is 0.461 e. The maximum Gasteiger partial charge on any atom is 0.407 e. The number of rotatable bonds is 8. The van der Waals surface area contributed by atoms with Crippen LogP contribution < -0.4 is 5.32 Å². The molecule has 0 aromatic rings. The number of allylic oxidation sites excluding steroid dienone is 2. The first kappa shape index (κ1) is 22.7. The second-order valence-electron chi connectivity index (χ2n) is 7.73. The summed E-state index contributed by atoms with van der Waals surface area (Å²) < 4.78 is 10.4. The van der Waals surface area contributed by atoms with Crippen molar-refractivity contribution >= 4 is 18.0 Å². The van der Waals surface area contributed by atoms with Crippen LogP contribution in [0.2, 0.25) is 0 Å². The van der Waals surface area contributed by atoms with E-state index in [1.54, 1.807) is 37.8 Å². The van der Waals surface area contributed by atoms with Gasteiger partial charge in [-0.2, -0.15) is 0 Å². The molecule has 0 radical (unpaired) electrons. The summed E-state index contributed by atoms with van der Waals surface area (Å²) in [5.74, 6) is -0.329. The highest BCUT2D eigenvalue weighted by molar-refractivity contribution is 5.78. The normalized spacial score (nSPS) is 17.4. The van der Waals surface area contributed by atoms with Crippen LogP contribution in [-0.4, -0.2) is 54.2 Å². The Morgan fingerprint density at radius 3 is 2.59 bits per heavy atom. The molecule has 0 spiro atoms. The molecule has 0 unspecified atom stereocenters. The lowest BCUT2D eigenvalue weighted by Crippen LogP contribution is -2.41. The molecular formula is C20H32N2O5. The van der Waals surface area contributed by atoms with Crippen LogP contribution in [0.4, 0.5) is 4.79 Å². The molecule has 1 saturated heterocycles. The predicted octanol–water partition coefficient (Wildman–Crippen LogP) is 2.96. The summed E-state index contributed by atoms with van der Waals surface area (Å²) in [6.45, 7) is 12.1. The zero-order valence-electron chi connectivity index (χ0n) is 16.9. The monoisotopic (exact) mass is 380 g/mol. The summed E-state index contributed by atoms with van der Waals surface area (Å²) in [5.41, 5.74) is 0.363. The van der Waals surface area contributed by atoms with Gasteiger partial charge >= 0.3 is 12.1 Å². The van der Waals surface area contributed by atoms with Gasteiger partial charge in [-0.25, -0.2) is 4.79 Å². The number of carbonyl (C=O) groups excluding carboxylic acids is 3. The minimum absolute atomic E-state index is 0.0148. The van der Waals surface area contributed by atoms with Crippen LogP contribution in [0.25, 0.3) is 0 Å². The van der Waals surface area contributed by atoms with Crippen molar-refractivity contribution in [2.45, 2.75) is 65.0 Å². The number of amides is 2. The molecule has 1 N–H and O–H groups in total. The summed E-state index contributed by atoms with van der Waals surface area (Å²) in [5, 5.41) is 2.79. The van der Waals surface area contributed by atoms with E-state index in [1.165, 1.54) is 0 Å². The van der Waals surface area contributed by atoms with Gasteiger partial charge in [-0.1, -0.05) is 18.7 Å². The zero-order chi connectivity index (χ0) is 20.4. The van der Waals surface area contributed by atoms with Gasteiger partial charge in [-0.15, -0.1) is 0 Å². The summed E-state index contributed by atoms with van der Waals surface area (Å²) in [6, 6.07) is -0.103. The van der Waals surface area contributed by atoms with Gasteiger partial charge in [0.05, 0.1) is 6.04 Å². The van der Waals surface area contributed by atoms with Gasteiger partial charge in [0.2, 0.25) is 5.91 Å². The van der Waals surface area contributed by atoms with Gasteiger partial charge < -0.3 is 19.7 Å². The molecule has 1 rings (SSSR count). The van der Waals surface area contributed by atoms with Crippen LogP contribution >= 0.6 is 0 Å². The van der Waals surface area contributed by atoms with Crippen LogP contribution in [0.3, 0.4) is 0 Å². The van der Waals surface area contributed by atoms with Gasteiger partial charge in [0.15, 0.2) is 0 Å². The summed E-state index contributed by atoms with van der Waals surface area (Å²) in [6.07, 6.45) is 4.60. The van der Waals surface area contributed by atoms with E-state index in [9.17, 15) is 14.4 Å². The van der Waals surface area contributed by atoms with E-state index in [0.717, 1.165) is 5.57 Å². The molecule has 7 nitrogen and oxygen atoms in total. The molecule has 1 aliphatic rings. The average Bonchev–Trinajstić information content (AvgIpc) is 2.99. The van der Waals surface area contributed by atoms with Gasteiger partial charge in [0, 0.05) is 25.9 Å². The van der Waals surface area contributed by atoms with Crippen molar-refractivity contribution in [2.24, 2.45) is 0 Å². The lowest BCUT2D eigenvalue weighted by Gasteiger charge is -2.22. The highest BCUT2D eigenvalue weighted by Crippen LogP contribution is 2.14. The first-order valence-electron chi connectivity index (χ1n) is 9.32. The van der Waals surface area contributed by atoms with E-state index in [1.807, 2.05) is 6.92 Å². The second kappa shape index (κ2) is 10.7. The number of hydrogen-bond acceptors (Lipinski definition) is 5. The number of ether oxygens (including phenoxy) is 2. The zero-order valence-corrected chi connectivity index (χ0v) is 16.9. The Morgan fingerprint density at radius 2 is 1.96 bits per heavy atom. The molecule has 0 bridgehead atoms. The number of nitrogens with zero attached hydrogens (tertiary/aromatic N) is 1. The van der Waals surface area contributed by atoms with Crippen molar-refractivity contribution in [3.05, 3.63) is 24.3 Å². The molecule has 0 aromatic heterocycles. The molecule has 1 heterocycles. The summed E-state index contributed by atoms with van der Waals surface area (Å²) >= 11 is 0. The highest BCUT2D eigenvalue weighted by atomic mass is 16.6. The molecule has 0 aromatic carbocycles. The minimum atomic E-state index is -0.549. The van der Waals surface area contributed by atoms with Crippen LogP contribution in [0.1, 0.15) is 53.4 Å². The SMILES string of the molecule is C=C/C=C(\C)COC(=O)CCCC(=O)N1CC[C@H](NC(=O)OC(C)(C)C)C1. The third-order valence-corrected chi connectivity index (χ3v) is 3.90. The fourth-order valence-electron chi connectivity index (χ4n) is 2.64.